The molecule has 0 radical (unpaired) electrons. The van der Waals surface area contributed by atoms with Gasteiger partial charge in [0.15, 0.2) is 18.1 Å². The van der Waals surface area contributed by atoms with Crippen molar-refractivity contribution in [3.05, 3.63) is 60.2 Å². The highest BCUT2D eigenvalue weighted by molar-refractivity contribution is 5.81. The van der Waals surface area contributed by atoms with E-state index in [2.05, 4.69) is 0 Å². The van der Waals surface area contributed by atoms with Gasteiger partial charge in [-0.15, -0.1) is 0 Å². The molecule has 142 valence electrons. The molecule has 1 saturated heterocycles. The number of nitrogens with two attached hydrogens (primary N) is 1. The molecule has 0 spiro atoms. The van der Waals surface area contributed by atoms with E-state index in [-0.39, 0.29) is 24.3 Å². The van der Waals surface area contributed by atoms with E-state index in [1.165, 1.54) is 0 Å². The molecule has 1 fully saturated rings. The summed E-state index contributed by atoms with van der Waals surface area (Å²) in [6.45, 7) is 1.31. The summed E-state index contributed by atoms with van der Waals surface area (Å²) in [5.74, 6) is 0.323. The van der Waals surface area contributed by atoms with Gasteiger partial charge >= 0.3 is 0 Å². The Kier molecular flexibility index (Phi) is 6.30. The van der Waals surface area contributed by atoms with Crippen LogP contribution in [0.15, 0.2) is 54.6 Å². The van der Waals surface area contributed by atoms with Crippen LogP contribution < -0.4 is 15.2 Å². The Morgan fingerprint density at radius 1 is 1.00 bits per heavy atom. The Morgan fingerprint density at radius 3 is 2.37 bits per heavy atom. The van der Waals surface area contributed by atoms with Crippen molar-refractivity contribution in [3.63, 3.8) is 0 Å². The molecule has 2 aromatic rings. The Bertz CT molecular complexity index is 779. The van der Waals surface area contributed by atoms with E-state index in [1.807, 2.05) is 48.5 Å². The van der Waals surface area contributed by atoms with Gasteiger partial charge < -0.3 is 20.1 Å². The van der Waals surface area contributed by atoms with Crippen molar-refractivity contribution in [3.8, 4) is 11.5 Å². The number of amides is 2. The van der Waals surface area contributed by atoms with Crippen LogP contribution in [0.4, 0.5) is 0 Å². The molecule has 2 amide bonds. The summed E-state index contributed by atoms with van der Waals surface area (Å²) in [4.78, 5) is 25.5. The third-order valence-corrected chi connectivity index (χ3v) is 4.61. The Morgan fingerprint density at radius 2 is 1.67 bits per heavy atom. The number of likely N-dealkylation sites (tertiary alicyclic amines) is 1. The van der Waals surface area contributed by atoms with Crippen LogP contribution in [-0.2, 0) is 16.2 Å². The maximum absolute atomic E-state index is 12.4. The summed E-state index contributed by atoms with van der Waals surface area (Å²) in [5, 5.41) is 0. The standard InChI is InChI=1S/C21H24N2O4/c22-21(25)17-9-6-12-23(13-17)20(24)15-27-19-11-5-4-10-18(19)26-14-16-7-2-1-3-8-16/h1-5,7-8,10-11,17H,6,9,12-15H2,(H2,22,25). The highest BCUT2D eigenvalue weighted by Gasteiger charge is 2.27. The summed E-state index contributed by atoms with van der Waals surface area (Å²) in [6, 6.07) is 17.1. The first-order valence-electron chi connectivity index (χ1n) is 9.09. The summed E-state index contributed by atoms with van der Waals surface area (Å²) >= 11 is 0. The van der Waals surface area contributed by atoms with E-state index >= 15 is 0 Å². The summed E-state index contributed by atoms with van der Waals surface area (Å²) in [6.07, 6.45) is 1.51. The lowest BCUT2D eigenvalue weighted by Gasteiger charge is -2.31. The normalized spacial score (nSPS) is 16.6. The predicted octanol–water partition coefficient (Wildman–Crippen LogP) is 2.37. The van der Waals surface area contributed by atoms with Gasteiger partial charge in [0.25, 0.3) is 5.91 Å². The van der Waals surface area contributed by atoms with Crippen molar-refractivity contribution in [2.75, 3.05) is 19.7 Å². The largest absolute Gasteiger partial charge is 0.485 e. The average Bonchev–Trinajstić information content (AvgIpc) is 2.72. The van der Waals surface area contributed by atoms with Gasteiger partial charge in [0, 0.05) is 13.1 Å². The van der Waals surface area contributed by atoms with E-state index in [0.29, 0.717) is 31.2 Å². The minimum atomic E-state index is -0.354. The van der Waals surface area contributed by atoms with Gasteiger partial charge in [0.2, 0.25) is 5.91 Å². The van der Waals surface area contributed by atoms with Crippen LogP contribution in [0.5, 0.6) is 11.5 Å². The zero-order valence-electron chi connectivity index (χ0n) is 15.2. The van der Waals surface area contributed by atoms with Crippen molar-refractivity contribution in [1.82, 2.24) is 4.90 Å². The highest BCUT2D eigenvalue weighted by Crippen LogP contribution is 2.27. The number of para-hydroxylation sites is 2. The van der Waals surface area contributed by atoms with Crippen LogP contribution >= 0.6 is 0 Å². The van der Waals surface area contributed by atoms with Crippen LogP contribution in [0.1, 0.15) is 18.4 Å². The van der Waals surface area contributed by atoms with Crippen LogP contribution in [0, 0.1) is 5.92 Å². The topological polar surface area (TPSA) is 81.9 Å². The Labute approximate surface area is 158 Å². The molecule has 0 bridgehead atoms. The van der Waals surface area contributed by atoms with Crippen molar-refractivity contribution in [1.29, 1.82) is 0 Å². The number of piperidine rings is 1. The molecule has 0 aromatic heterocycles. The highest BCUT2D eigenvalue weighted by atomic mass is 16.5. The SMILES string of the molecule is NC(=O)C1CCCN(C(=O)COc2ccccc2OCc2ccccc2)C1. The predicted molar refractivity (Wildman–Crippen MR) is 101 cm³/mol. The molecule has 0 saturated carbocycles. The smallest absolute Gasteiger partial charge is 0.260 e. The third kappa shape index (κ3) is 5.23. The third-order valence-electron chi connectivity index (χ3n) is 4.61. The maximum Gasteiger partial charge on any atom is 0.260 e. The first kappa shape index (κ1) is 18.8. The molecule has 2 aromatic carbocycles. The molecule has 2 N–H and O–H groups in total. The molecule has 1 unspecified atom stereocenters. The fourth-order valence-corrected chi connectivity index (χ4v) is 3.09. The molecule has 6 nitrogen and oxygen atoms in total. The first-order chi connectivity index (χ1) is 13.1. The summed E-state index contributed by atoms with van der Waals surface area (Å²) < 4.78 is 11.5. The van der Waals surface area contributed by atoms with Gasteiger partial charge in [0.05, 0.1) is 5.92 Å². The molecule has 0 aliphatic carbocycles. The van der Waals surface area contributed by atoms with Crippen LogP contribution in [0.2, 0.25) is 0 Å². The first-order valence-corrected chi connectivity index (χ1v) is 9.09. The van der Waals surface area contributed by atoms with E-state index in [0.717, 1.165) is 18.4 Å². The number of nitrogens with zero attached hydrogens (tertiary/aromatic N) is 1. The number of hydrogen-bond donors (Lipinski definition) is 1. The van der Waals surface area contributed by atoms with E-state index < -0.39 is 0 Å². The fraction of sp³-hybridized carbons (Fsp3) is 0.333. The second-order valence-electron chi connectivity index (χ2n) is 6.59. The van der Waals surface area contributed by atoms with Crippen LogP contribution in [-0.4, -0.2) is 36.4 Å². The molecular weight excluding hydrogens is 344 g/mol. The molecular formula is C21H24N2O4. The molecule has 6 heteroatoms. The quantitative estimate of drug-likeness (QED) is 0.813. The van der Waals surface area contributed by atoms with Crippen molar-refractivity contribution in [2.24, 2.45) is 11.7 Å². The zero-order chi connectivity index (χ0) is 19.1. The lowest BCUT2D eigenvalue weighted by atomic mass is 9.97. The van der Waals surface area contributed by atoms with Crippen molar-refractivity contribution in [2.45, 2.75) is 19.4 Å². The van der Waals surface area contributed by atoms with Gasteiger partial charge in [0.1, 0.15) is 6.61 Å². The molecule has 27 heavy (non-hydrogen) atoms. The van der Waals surface area contributed by atoms with Gasteiger partial charge in [-0.3, -0.25) is 9.59 Å². The fourth-order valence-electron chi connectivity index (χ4n) is 3.09. The van der Waals surface area contributed by atoms with Gasteiger partial charge in [-0.1, -0.05) is 42.5 Å². The van der Waals surface area contributed by atoms with E-state index in [4.69, 9.17) is 15.2 Å². The zero-order valence-corrected chi connectivity index (χ0v) is 15.2. The second kappa shape index (κ2) is 9.07. The van der Waals surface area contributed by atoms with E-state index in [9.17, 15) is 9.59 Å². The number of ether oxygens (including phenoxy) is 2. The molecule has 1 heterocycles. The molecule has 1 atom stereocenters. The minimum Gasteiger partial charge on any atom is -0.485 e. The van der Waals surface area contributed by atoms with Gasteiger partial charge in [-0.2, -0.15) is 0 Å². The van der Waals surface area contributed by atoms with Crippen LogP contribution in [0.3, 0.4) is 0 Å². The molecule has 1 aliphatic heterocycles. The average molecular weight is 368 g/mol. The van der Waals surface area contributed by atoms with Crippen molar-refractivity contribution >= 4 is 11.8 Å². The maximum atomic E-state index is 12.4. The number of hydrogen-bond acceptors (Lipinski definition) is 4. The van der Waals surface area contributed by atoms with Crippen molar-refractivity contribution < 1.29 is 19.1 Å². The number of carbonyl (C=O) groups is 2. The minimum absolute atomic E-state index is 0.100. The number of primary amides is 1. The number of benzene rings is 2. The number of rotatable bonds is 7. The van der Waals surface area contributed by atoms with Gasteiger partial charge in [-0.05, 0) is 30.5 Å². The molecule has 3 rings (SSSR count). The number of carbonyl (C=O) groups excluding carboxylic acids is 2. The second-order valence-corrected chi connectivity index (χ2v) is 6.59. The van der Waals surface area contributed by atoms with Crippen LogP contribution in [0.25, 0.3) is 0 Å². The Balaban J connectivity index is 1.56. The lowest BCUT2D eigenvalue weighted by Crippen LogP contribution is -2.45. The Hall–Kier alpha value is -3.02. The van der Waals surface area contributed by atoms with Gasteiger partial charge in [-0.25, -0.2) is 0 Å². The monoisotopic (exact) mass is 368 g/mol. The molecule has 1 aliphatic rings. The lowest BCUT2D eigenvalue weighted by molar-refractivity contribution is -0.136. The summed E-state index contributed by atoms with van der Waals surface area (Å²) in [7, 11) is 0. The summed E-state index contributed by atoms with van der Waals surface area (Å²) in [5.41, 5.74) is 6.42. The van der Waals surface area contributed by atoms with E-state index in [1.54, 1.807) is 11.0 Å².